The summed E-state index contributed by atoms with van der Waals surface area (Å²) in [6, 6.07) is 1.47. The first kappa shape index (κ1) is 53.3. The molecule has 7 amide bonds. The van der Waals surface area contributed by atoms with Gasteiger partial charge in [-0.1, -0.05) is 58.0 Å². The number of aliphatic carboxylic acids is 1. The molecule has 1 aromatic carbocycles. The summed E-state index contributed by atoms with van der Waals surface area (Å²) < 4.78 is 0. The van der Waals surface area contributed by atoms with Crippen molar-refractivity contribution in [3.63, 3.8) is 0 Å². The molecule has 1 saturated heterocycles. The van der Waals surface area contributed by atoms with Crippen molar-refractivity contribution in [2.75, 3.05) is 26.2 Å². The quantitative estimate of drug-likeness (QED) is 0.0246. The SMILES string of the molecule is CC(C)C[C@H](NC(=O)[C@H](C)NC(=O)[C@H](CCCN=C(N)N)NC(=O)[C@H](CCCCN)NC(=O)[C@@H](NC(=O)[C@@H]1CCCN1)C(C)C)C(=O)N[C@@H](Cc1ccccc1)C(=O)NCC(=O)O. The van der Waals surface area contributed by atoms with Crippen LogP contribution in [-0.4, -0.2) is 127 Å². The third-order valence-electron chi connectivity index (χ3n) is 10.2. The molecule has 15 N–H and O–H groups in total. The van der Waals surface area contributed by atoms with E-state index in [2.05, 4.69) is 47.5 Å². The van der Waals surface area contributed by atoms with Crippen LogP contribution in [0.15, 0.2) is 35.3 Å². The number of nitrogens with two attached hydrogens (primary N) is 3. The van der Waals surface area contributed by atoms with E-state index in [9.17, 15) is 38.4 Å². The topological polar surface area (TPSA) is 343 Å². The van der Waals surface area contributed by atoms with Crippen molar-refractivity contribution in [3.05, 3.63) is 35.9 Å². The fourth-order valence-electron chi connectivity index (χ4n) is 6.76. The number of benzene rings is 1. The highest BCUT2D eigenvalue weighted by Crippen LogP contribution is 2.12. The maximum absolute atomic E-state index is 13.9. The summed E-state index contributed by atoms with van der Waals surface area (Å²) in [7, 11) is 0. The normalized spacial score (nSPS) is 16.3. The second kappa shape index (κ2) is 28.0. The predicted molar refractivity (Wildman–Crippen MR) is 236 cm³/mol. The van der Waals surface area contributed by atoms with E-state index in [0.717, 1.165) is 6.42 Å². The summed E-state index contributed by atoms with van der Waals surface area (Å²) in [4.78, 5) is 110. The van der Waals surface area contributed by atoms with Crippen molar-refractivity contribution in [2.24, 2.45) is 34.0 Å². The Hall–Kier alpha value is -5.83. The Morgan fingerprint density at radius 2 is 1.32 bits per heavy atom. The molecule has 0 spiro atoms. The number of guanidine groups is 1. The molecule has 21 nitrogen and oxygen atoms in total. The summed E-state index contributed by atoms with van der Waals surface area (Å²) >= 11 is 0. The lowest BCUT2D eigenvalue weighted by Gasteiger charge is -2.28. The molecule has 0 radical (unpaired) electrons. The lowest BCUT2D eigenvalue weighted by Crippen LogP contribution is -2.60. The van der Waals surface area contributed by atoms with E-state index >= 15 is 0 Å². The molecule has 1 fully saturated rings. The van der Waals surface area contributed by atoms with Crippen molar-refractivity contribution in [2.45, 2.75) is 135 Å². The number of hydrogen-bond donors (Lipinski definition) is 12. The second-order valence-corrected chi connectivity index (χ2v) is 16.5. The van der Waals surface area contributed by atoms with E-state index in [1.54, 1.807) is 44.2 Å². The molecule has 0 unspecified atom stereocenters. The first-order valence-electron chi connectivity index (χ1n) is 21.7. The van der Waals surface area contributed by atoms with E-state index < -0.39 is 90.3 Å². The molecule has 352 valence electrons. The van der Waals surface area contributed by atoms with Crippen LogP contribution in [-0.2, 0) is 44.8 Å². The van der Waals surface area contributed by atoms with E-state index in [0.29, 0.717) is 37.9 Å². The van der Waals surface area contributed by atoms with Crippen LogP contribution < -0.4 is 59.7 Å². The van der Waals surface area contributed by atoms with Gasteiger partial charge in [-0.25, -0.2) is 0 Å². The highest BCUT2D eigenvalue weighted by molar-refractivity contribution is 5.97. The van der Waals surface area contributed by atoms with Gasteiger partial charge in [-0.2, -0.15) is 0 Å². The number of nitrogens with one attached hydrogen (secondary N) is 8. The molecule has 63 heavy (non-hydrogen) atoms. The van der Waals surface area contributed by atoms with Crippen molar-refractivity contribution in [1.82, 2.24) is 42.5 Å². The maximum atomic E-state index is 13.9. The summed E-state index contributed by atoms with van der Waals surface area (Å²) in [6.07, 6.45) is 3.09. The number of hydrogen-bond acceptors (Lipinski definition) is 11. The van der Waals surface area contributed by atoms with Gasteiger partial charge in [0, 0.05) is 13.0 Å². The van der Waals surface area contributed by atoms with Gasteiger partial charge < -0.3 is 64.8 Å². The molecule has 1 aliphatic heterocycles. The molecule has 0 saturated carbocycles. The first-order valence-corrected chi connectivity index (χ1v) is 21.7. The monoisotopic (exact) mass is 887 g/mol. The Balaban J connectivity index is 2.27. The minimum absolute atomic E-state index is 0.0242. The first-order chi connectivity index (χ1) is 29.8. The van der Waals surface area contributed by atoms with Gasteiger partial charge in [0.2, 0.25) is 41.4 Å². The van der Waals surface area contributed by atoms with Crippen LogP contribution in [0.2, 0.25) is 0 Å². The third-order valence-corrected chi connectivity index (χ3v) is 10.2. The van der Waals surface area contributed by atoms with Crippen molar-refractivity contribution in [3.8, 4) is 0 Å². The molecule has 2 rings (SSSR count). The number of aliphatic imine (C=N–C) groups is 1. The Bertz CT molecular complexity index is 1700. The number of rotatable bonds is 28. The molecule has 1 aliphatic rings. The zero-order valence-electron chi connectivity index (χ0n) is 37.2. The largest absolute Gasteiger partial charge is 0.480 e. The van der Waals surface area contributed by atoms with Crippen molar-refractivity contribution < 1.29 is 43.5 Å². The Kier molecular flexibility index (Phi) is 23.7. The number of amides is 7. The third kappa shape index (κ3) is 20.3. The van der Waals surface area contributed by atoms with E-state index in [-0.39, 0.29) is 62.4 Å². The second-order valence-electron chi connectivity index (χ2n) is 16.5. The zero-order chi connectivity index (χ0) is 47.1. The van der Waals surface area contributed by atoms with Crippen LogP contribution in [0.25, 0.3) is 0 Å². The minimum Gasteiger partial charge on any atom is -0.480 e. The van der Waals surface area contributed by atoms with Crippen LogP contribution in [0, 0.1) is 11.8 Å². The molecule has 0 aliphatic carbocycles. The average molecular weight is 887 g/mol. The number of unbranched alkanes of at least 4 members (excludes halogenated alkanes) is 1. The van der Waals surface area contributed by atoms with Crippen LogP contribution in [0.3, 0.4) is 0 Å². The van der Waals surface area contributed by atoms with Crippen LogP contribution >= 0.6 is 0 Å². The lowest BCUT2D eigenvalue weighted by atomic mass is 10.0. The van der Waals surface area contributed by atoms with Crippen LogP contribution in [0.4, 0.5) is 0 Å². The van der Waals surface area contributed by atoms with Crippen LogP contribution in [0.1, 0.15) is 91.5 Å². The Morgan fingerprint density at radius 3 is 1.89 bits per heavy atom. The zero-order valence-corrected chi connectivity index (χ0v) is 37.2. The van der Waals surface area contributed by atoms with E-state index in [4.69, 9.17) is 22.3 Å². The Morgan fingerprint density at radius 1 is 0.730 bits per heavy atom. The standard InChI is InChI=1S/C42H70N12O9/c1-24(2)21-31(40(62)53-32(36(58)48-23-33(55)56)22-27-13-7-6-8-14-27)52-35(57)26(5)49-38(60)30(17-12-20-47-42(44)45)50-39(61)29(15-9-10-18-43)51-41(63)34(25(3)4)54-37(59)28-16-11-19-46-28/h6-8,13-14,24-26,28-32,34,46H,9-12,15-23,43H2,1-5H3,(H,48,58)(H,49,60)(H,50,61)(H,51,63)(H,52,57)(H,53,62)(H,54,59)(H,55,56)(H4,44,45,47)/t26-,28-,29-,30-,31-,32-,34-/m0/s1. The summed E-state index contributed by atoms with van der Waals surface area (Å²) in [5, 5.41) is 30.7. The van der Waals surface area contributed by atoms with E-state index in [1.807, 2.05) is 13.8 Å². The molecule has 0 aromatic heterocycles. The number of nitrogens with zero attached hydrogens (tertiary/aromatic N) is 1. The molecule has 1 aromatic rings. The van der Waals surface area contributed by atoms with Gasteiger partial charge in [-0.05, 0) is 88.8 Å². The van der Waals surface area contributed by atoms with Gasteiger partial charge in [0.05, 0.1) is 6.04 Å². The smallest absolute Gasteiger partial charge is 0.322 e. The highest BCUT2D eigenvalue weighted by atomic mass is 16.4. The predicted octanol–water partition coefficient (Wildman–Crippen LogP) is -2.00. The highest BCUT2D eigenvalue weighted by Gasteiger charge is 2.34. The average Bonchev–Trinajstić information content (AvgIpc) is 3.77. The number of carboxylic acids is 1. The molecular weight excluding hydrogens is 817 g/mol. The fraction of sp³-hybridized carbons (Fsp3) is 0.643. The van der Waals surface area contributed by atoms with Gasteiger partial charge in [-0.3, -0.25) is 43.3 Å². The van der Waals surface area contributed by atoms with Gasteiger partial charge in [0.15, 0.2) is 5.96 Å². The maximum Gasteiger partial charge on any atom is 0.322 e. The summed E-state index contributed by atoms with van der Waals surface area (Å²) in [5.41, 5.74) is 17.4. The lowest BCUT2D eigenvalue weighted by molar-refractivity contribution is -0.138. The van der Waals surface area contributed by atoms with Crippen molar-refractivity contribution in [1.29, 1.82) is 0 Å². The molecule has 1 heterocycles. The van der Waals surface area contributed by atoms with Gasteiger partial charge in [0.25, 0.3) is 0 Å². The molecule has 7 atom stereocenters. The number of carbonyl (C=O) groups excluding carboxylic acids is 7. The summed E-state index contributed by atoms with van der Waals surface area (Å²) in [6.45, 7) is 9.07. The molecular formula is C42H70N12O9. The van der Waals surface area contributed by atoms with Gasteiger partial charge in [-0.15, -0.1) is 0 Å². The number of carbonyl (C=O) groups is 8. The summed E-state index contributed by atoms with van der Waals surface area (Å²) in [5.74, 6) is -6.38. The minimum atomic E-state index is -1.27. The molecule has 0 bridgehead atoms. The van der Waals surface area contributed by atoms with Crippen LogP contribution in [0.5, 0.6) is 0 Å². The van der Waals surface area contributed by atoms with E-state index in [1.165, 1.54) is 6.92 Å². The number of carboxylic acid groups (broad SMARTS) is 1. The van der Waals surface area contributed by atoms with Gasteiger partial charge >= 0.3 is 5.97 Å². The molecule has 21 heteroatoms. The van der Waals surface area contributed by atoms with Gasteiger partial charge in [0.1, 0.15) is 42.8 Å². The Labute approximate surface area is 369 Å². The van der Waals surface area contributed by atoms with Crippen molar-refractivity contribution >= 4 is 53.3 Å². The fourth-order valence-corrected chi connectivity index (χ4v) is 6.76.